The Labute approximate surface area is 129 Å². The molecule has 1 aromatic carbocycles. The lowest BCUT2D eigenvalue weighted by molar-refractivity contribution is 0.291. The topological polar surface area (TPSA) is 47.3 Å². The molecule has 2 aromatic rings. The molecular weight excluding hydrogens is 288 g/mol. The number of benzene rings is 1. The molecule has 110 valence electrons. The van der Waals surface area contributed by atoms with Crippen molar-refractivity contribution in [1.82, 2.24) is 9.78 Å². The third kappa shape index (κ3) is 4.82. The van der Waals surface area contributed by atoms with Gasteiger partial charge in [-0.3, -0.25) is 4.68 Å². The van der Waals surface area contributed by atoms with Gasteiger partial charge in [0.25, 0.3) is 0 Å². The van der Waals surface area contributed by atoms with Gasteiger partial charge in [-0.2, -0.15) is 5.10 Å². The van der Waals surface area contributed by atoms with Crippen LogP contribution in [0.5, 0.6) is 5.75 Å². The molecule has 0 saturated heterocycles. The first-order chi connectivity index (χ1) is 10.2. The van der Waals surface area contributed by atoms with Crippen LogP contribution in [0.4, 0.5) is 0 Å². The van der Waals surface area contributed by atoms with Gasteiger partial charge in [0.2, 0.25) is 0 Å². The standard InChI is InChI=1S/C16H17ClN2O2/c1-13-16(17)12-19(18-13)8-10-21-15-7-4-6-14(11-15)5-2-3-9-20/h4,6-7,11-12,20H,3,8-10H2,1H3. The predicted molar refractivity (Wildman–Crippen MR) is 82.5 cm³/mol. The van der Waals surface area contributed by atoms with Crippen LogP contribution in [-0.2, 0) is 6.54 Å². The van der Waals surface area contributed by atoms with Gasteiger partial charge < -0.3 is 9.84 Å². The summed E-state index contributed by atoms with van der Waals surface area (Å²) in [7, 11) is 0. The van der Waals surface area contributed by atoms with Crippen molar-refractivity contribution in [3.63, 3.8) is 0 Å². The Bertz CT molecular complexity index is 636. The molecule has 0 unspecified atom stereocenters. The summed E-state index contributed by atoms with van der Waals surface area (Å²) in [6.07, 6.45) is 2.27. The highest BCUT2D eigenvalue weighted by Crippen LogP contribution is 2.14. The Morgan fingerprint density at radius 1 is 1.43 bits per heavy atom. The molecule has 0 aliphatic rings. The van der Waals surface area contributed by atoms with Crippen molar-refractivity contribution in [2.24, 2.45) is 0 Å². The number of aliphatic hydroxyl groups excluding tert-OH is 1. The first-order valence-electron chi connectivity index (χ1n) is 6.71. The summed E-state index contributed by atoms with van der Waals surface area (Å²) >= 11 is 5.95. The maximum Gasteiger partial charge on any atom is 0.120 e. The molecule has 0 atom stereocenters. The van der Waals surface area contributed by atoms with Crippen LogP contribution in [0, 0.1) is 18.8 Å². The Morgan fingerprint density at radius 2 is 2.29 bits per heavy atom. The average Bonchev–Trinajstić information content (AvgIpc) is 2.78. The van der Waals surface area contributed by atoms with E-state index in [4.69, 9.17) is 21.4 Å². The van der Waals surface area contributed by atoms with Crippen LogP contribution in [0.15, 0.2) is 30.5 Å². The molecular formula is C16H17ClN2O2. The van der Waals surface area contributed by atoms with Crippen LogP contribution in [0.3, 0.4) is 0 Å². The zero-order valence-electron chi connectivity index (χ0n) is 11.8. The summed E-state index contributed by atoms with van der Waals surface area (Å²) in [6.45, 7) is 3.09. The van der Waals surface area contributed by atoms with Crippen molar-refractivity contribution < 1.29 is 9.84 Å². The van der Waals surface area contributed by atoms with Gasteiger partial charge in [0.1, 0.15) is 12.4 Å². The molecule has 0 bridgehead atoms. The molecule has 5 heteroatoms. The first-order valence-corrected chi connectivity index (χ1v) is 7.09. The largest absolute Gasteiger partial charge is 0.492 e. The van der Waals surface area contributed by atoms with Gasteiger partial charge in [-0.05, 0) is 25.1 Å². The van der Waals surface area contributed by atoms with E-state index >= 15 is 0 Å². The van der Waals surface area contributed by atoms with E-state index in [2.05, 4.69) is 16.9 Å². The summed E-state index contributed by atoms with van der Waals surface area (Å²) in [6, 6.07) is 7.57. The Balaban J connectivity index is 1.88. The molecule has 0 saturated carbocycles. The number of ether oxygens (including phenoxy) is 1. The molecule has 1 heterocycles. The van der Waals surface area contributed by atoms with Gasteiger partial charge in [0, 0.05) is 18.2 Å². The molecule has 0 aliphatic carbocycles. The number of aryl methyl sites for hydroxylation is 1. The number of nitrogens with zero attached hydrogens (tertiary/aromatic N) is 2. The second-order valence-electron chi connectivity index (χ2n) is 4.48. The number of hydrogen-bond donors (Lipinski definition) is 1. The van der Waals surface area contributed by atoms with E-state index in [-0.39, 0.29) is 6.61 Å². The molecule has 1 aromatic heterocycles. The SMILES string of the molecule is Cc1nn(CCOc2cccc(C#CCCO)c2)cc1Cl. The molecule has 0 fully saturated rings. The van der Waals surface area contributed by atoms with Gasteiger partial charge in [-0.25, -0.2) is 0 Å². The predicted octanol–water partition coefficient (Wildman–Crippen LogP) is 2.66. The molecule has 21 heavy (non-hydrogen) atoms. The van der Waals surface area contributed by atoms with E-state index in [9.17, 15) is 0 Å². The van der Waals surface area contributed by atoms with E-state index in [0.717, 1.165) is 17.0 Å². The maximum absolute atomic E-state index is 8.70. The monoisotopic (exact) mass is 304 g/mol. The van der Waals surface area contributed by atoms with Gasteiger partial charge in [-0.15, -0.1) is 0 Å². The molecule has 4 nitrogen and oxygen atoms in total. The van der Waals surface area contributed by atoms with E-state index in [0.29, 0.717) is 24.6 Å². The molecule has 0 spiro atoms. The van der Waals surface area contributed by atoms with Gasteiger partial charge in [0.05, 0.1) is 23.9 Å². The first kappa shape index (κ1) is 15.4. The minimum absolute atomic E-state index is 0.0784. The van der Waals surface area contributed by atoms with Crippen molar-refractivity contribution in [1.29, 1.82) is 0 Å². The van der Waals surface area contributed by atoms with Crippen LogP contribution in [0.2, 0.25) is 5.02 Å². The van der Waals surface area contributed by atoms with E-state index < -0.39 is 0 Å². The smallest absolute Gasteiger partial charge is 0.120 e. The zero-order chi connectivity index (χ0) is 15.1. The lowest BCUT2D eigenvalue weighted by atomic mass is 10.2. The van der Waals surface area contributed by atoms with Crippen molar-refractivity contribution in [2.45, 2.75) is 19.9 Å². The van der Waals surface area contributed by atoms with Crippen molar-refractivity contribution in [3.05, 3.63) is 46.7 Å². The number of aliphatic hydroxyl groups is 1. The second-order valence-corrected chi connectivity index (χ2v) is 4.88. The third-order valence-corrected chi connectivity index (χ3v) is 3.15. The third-order valence-electron chi connectivity index (χ3n) is 2.78. The quantitative estimate of drug-likeness (QED) is 0.864. The van der Waals surface area contributed by atoms with Crippen LogP contribution in [-0.4, -0.2) is 28.1 Å². The van der Waals surface area contributed by atoms with Crippen LogP contribution in [0.1, 0.15) is 17.7 Å². The fourth-order valence-electron chi connectivity index (χ4n) is 1.75. The fraction of sp³-hybridized carbons (Fsp3) is 0.312. The molecule has 0 aliphatic heterocycles. The highest BCUT2D eigenvalue weighted by atomic mass is 35.5. The summed E-state index contributed by atoms with van der Waals surface area (Å²) < 4.78 is 7.45. The van der Waals surface area contributed by atoms with Gasteiger partial charge in [-0.1, -0.05) is 29.5 Å². The van der Waals surface area contributed by atoms with Crippen molar-refractivity contribution in [3.8, 4) is 17.6 Å². The fourth-order valence-corrected chi connectivity index (χ4v) is 1.90. The summed E-state index contributed by atoms with van der Waals surface area (Å²) in [4.78, 5) is 0. The highest BCUT2D eigenvalue weighted by Gasteiger charge is 2.02. The number of aromatic nitrogens is 2. The average molecular weight is 305 g/mol. The Kier molecular flexibility index (Phi) is 5.68. The number of halogens is 1. The van der Waals surface area contributed by atoms with Crippen LogP contribution >= 0.6 is 11.6 Å². The summed E-state index contributed by atoms with van der Waals surface area (Å²) in [5.41, 5.74) is 1.69. The van der Waals surface area contributed by atoms with Crippen molar-refractivity contribution >= 4 is 11.6 Å². The summed E-state index contributed by atoms with van der Waals surface area (Å²) in [5, 5.41) is 13.6. The number of rotatable bonds is 5. The Hall–Kier alpha value is -1.96. The van der Waals surface area contributed by atoms with Gasteiger partial charge in [0.15, 0.2) is 0 Å². The Morgan fingerprint density at radius 3 is 3.00 bits per heavy atom. The summed E-state index contributed by atoms with van der Waals surface area (Å²) in [5.74, 6) is 6.63. The van der Waals surface area contributed by atoms with Crippen LogP contribution in [0.25, 0.3) is 0 Å². The van der Waals surface area contributed by atoms with Crippen molar-refractivity contribution in [2.75, 3.05) is 13.2 Å². The van der Waals surface area contributed by atoms with E-state index in [1.54, 1.807) is 10.9 Å². The van der Waals surface area contributed by atoms with E-state index in [1.807, 2.05) is 31.2 Å². The van der Waals surface area contributed by atoms with Gasteiger partial charge >= 0.3 is 0 Å². The van der Waals surface area contributed by atoms with Crippen LogP contribution < -0.4 is 4.74 Å². The minimum atomic E-state index is 0.0784. The minimum Gasteiger partial charge on any atom is -0.492 e. The maximum atomic E-state index is 8.70. The zero-order valence-corrected chi connectivity index (χ0v) is 12.6. The second kappa shape index (κ2) is 7.72. The molecule has 0 radical (unpaired) electrons. The number of hydrogen-bond acceptors (Lipinski definition) is 3. The molecule has 2 rings (SSSR count). The lowest BCUT2D eigenvalue weighted by Crippen LogP contribution is -2.08. The highest BCUT2D eigenvalue weighted by molar-refractivity contribution is 6.31. The normalized spacial score (nSPS) is 10.0. The molecule has 0 amide bonds. The lowest BCUT2D eigenvalue weighted by Gasteiger charge is -2.06. The molecule has 1 N–H and O–H groups in total. The van der Waals surface area contributed by atoms with E-state index in [1.165, 1.54) is 0 Å².